The van der Waals surface area contributed by atoms with Crippen LogP contribution in [0.25, 0.3) is 60.9 Å². The van der Waals surface area contributed by atoms with E-state index in [1.165, 1.54) is 33.9 Å². The second-order valence-corrected chi connectivity index (χ2v) is 10.00. The first-order valence-corrected chi connectivity index (χ1v) is 13.3. The fraction of sp³-hybridized carbons (Fsp3) is 0. The third kappa shape index (κ3) is 4.25. The number of rotatable bonds is 4. The van der Waals surface area contributed by atoms with E-state index in [2.05, 4.69) is 102 Å². The largest absolute Gasteiger partial charge is 0.309 e. The van der Waals surface area contributed by atoms with Crippen molar-refractivity contribution in [2.24, 2.45) is 0 Å². The molecule has 0 radical (unpaired) electrons. The van der Waals surface area contributed by atoms with Crippen LogP contribution < -0.4 is 0 Å². The van der Waals surface area contributed by atoms with Gasteiger partial charge in [0.05, 0.1) is 11.0 Å². The molecule has 0 atom stereocenters. The monoisotopic (exact) mass is 532 g/mol. The minimum Gasteiger partial charge on any atom is -0.309 e. The van der Waals surface area contributed by atoms with Gasteiger partial charge >= 0.3 is 0 Å². The van der Waals surface area contributed by atoms with E-state index in [-0.39, 0.29) is 0 Å². The molecule has 0 bridgehead atoms. The number of benzene rings is 6. The minimum atomic E-state index is -0.856. The molecule has 1 heterocycles. The number of hydrogen-bond acceptors (Lipinski definition) is 1. The van der Waals surface area contributed by atoms with E-state index >= 15 is 0 Å². The van der Waals surface area contributed by atoms with Gasteiger partial charge < -0.3 is 4.57 Å². The van der Waals surface area contributed by atoms with Crippen LogP contribution in [0.5, 0.6) is 0 Å². The fourth-order valence-corrected chi connectivity index (χ4v) is 5.56. The number of para-hydroxylation sites is 2. The number of aromatic nitrogens is 1. The molecule has 7 rings (SSSR count). The first-order valence-electron chi connectivity index (χ1n) is 13.3. The minimum absolute atomic E-state index is 0.394. The summed E-state index contributed by atoms with van der Waals surface area (Å²) in [6.07, 6.45) is 0. The van der Waals surface area contributed by atoms with Gasteiger partial charge in [0.2, 0.25) is 0 Å². The van der Waals surface area contributed by atoms with E-state index in [0.29, 0.717) is 11.1 Å². The molecule has 0 aliphatic carbocycles. The number of nitrogens with zero attached hydrogens (tertiary/aromatic N) is 2. The predicted molar refractivity (Wildman–Crippen MR) is 162 cm³/mol. The molecule has 4 heteroatoms. The molecule has 1 aromatic heterocycles. The highest BCUT2D eigenvalue weighted by atomic mass is 19.1. The third-order valence-electron chi connectivity index (χ3n) is 7.63. The summed E-state index contributed by atoms with van der Waals surface area (Å²) in [4.78, 5) is 0. The van der Waals surface area contributed by atoms with Gasteiger partial charge in [0.1, 0.15) is 23.3 Å². The second kappa shape index (κ2) is 9.89. The van der Waals surface area contributed by atoms with Crippen molar-refractivity contribution in [3.8, 4) is 45.1 Å². The Bertz CT molecular complexity index is 2020. The summed E-state index contributed by atoms with van der Waals surface area (Å²) >= 11 is 0. The Morgan fingerprint density at radius 2 is 0.829 bits per heavy atom. The summed E-state index contributed by atoms with van der Waals surface area (Å²) in [7, 11) is 0. The number of fused-ring (bicyclic) bond motifs is 3. The summed E-state index contributed by atoms with van der Waals surface area (Å²) in [5, 5.41) is 11.4. The van der Waals surface area contributed by atoms with E-state index in [0.717, 1.165) is 27.9 Å². The van der Waals surface area contributed by atoms with Crippen molar-refractivity contribution in [1.29, 1.82) is 5.26 Å². The lowest BCUT2D eigenvalue weighted by atomic mass is 9.97. The van der Waals surface area contributed by atoms with Crippen LogP contribution in [0.4, 0.5) is 8.78 Å². The Hall–Kier alpha value is -5.53. The standard InChI is InChI=1S/C37H22F2N2/c38-34-21-29(22-35(39)33(34)23-40)28-15-13-25(14-16-28)24-9-11-26(12-10-24)27-17-19-30(20-18-27)41-36-7-3-1-5-31(36)32-6-2-4-8-37(32)41/h1-22H. The number of nitriles is 1. The van der Waals surface area contributed by atoms with Crippen LogP contribution in [0.1, 0.15) is 5.56 Å². The van der Waals surface area contributed by atoms with Gasteiger partial charge in [0, 0.05) is 16.5 Å². The van der Waals surface area contributed by atoms with E-state index < -0.39 is 17.2 Å². The normalized spacial score (nSPS) is 11.1. The molecule has 0 fully saturated rings. The maximum absolute atomic E-state index is 14.1. The Balaban J connectivity index is 1.15. The van der Waals surface area contributed by atoms with Crippen molar-refractivity contribution in [3.05, 3.63) is 151 Å². The van der Waals surface area contributed by atoms with Crippen molar-refractivity contribution >= 4 is 21.8 Å². The van der Waals surface area contributed by atoms with Crippen LogP contribution in [0.15, 0.2) is 133 Å². The van der Waals surface area contributed by atoms with E-state index in [4.69, 9.17) is 5.26 Å². The Kier molecular flexibility index (Phi) is 5.91. The lowest BCUT2D eigenvalue weighted by Gasteiger charge is -2.10. The molecule has 194 valence electrons. The average molecular weight is 533 g/mol. The van der Waals surface area contributed by atoms with Gasteiger partial charge in [0.25, 0.3) is 0 Å². The van der Waals surface area contributed by atoms with Gasteiger partial charge in [-0.3, -0.25) is 0 Å². The van der Waals surface area contributed by atoms with Crippen molar-refractivity contribution in [1.82, 2.24) is 4.57 Å². The van der Waals surface area contributed by atoms with E-state index in [9.17, 15) is 8.78 Å². The second-order valence-electron chi connectivity index (χ2n) is 10.00. The molecular formula is C37H22F2N2. The summed E-state index contributed by atoms with van der Waals surface area (Å²) in [6, 6.07) is 45.4. The van der Waals surface area contributed by atoms with Crippen molar-refractivity contribution in [2.45, 2.75) is 0 Å². The molecule has 0 N–H and O–H groups in total. The Morgan fingerprint density at radius 3 is 1.24 bits per heavy atom. The molecule has 0 aliphatic heterocycles. The van der Waals surface area contributed by atoms with Gasteiger partial charge in [-0.1, -0.05) is 97.1 Å². The summed E-state index contributed by atoms with van der Waals surface area (Å²) in [6.45, 7) is 0. The molecule has 0 unspecified atom stereocenters. The quantitative estimate of drug-likeness (QED) is 0.222. The highest BCUT2D eigenvalue weighted by Gasteiger charge is 2.13. The maximum Gasteiger partial charge on any atom is 0.144 e. The molecule has 0 amide bonds. The molecule has 0 saturated heterocycles. The highest BCUT2D eigenvalue weighted by Crippen LogP contribution is 2.33. The average Bonchev–Trinajstić information content (AvgIpc) is 3.36. The maximum atomic E-state index is 14.1. The molecule has 41 heavy (non-hydrogen) atoms. The van der Waals surface area contributed by atoms with Gasteiger partial charge in [-0.25, -0.2) is 8.78 Å². The van der Waals surface area contributed by atoms with Crippen LogP contribution in [0.2, 0.25) is 0 Å². The van der Waals surface area contributed by atoms with Crippen LogP contribution in [0, 0.1) is 23.0 Å². The zero-order chi connectivity index (χ0) is 27.9. The Morgan fingerprint density at radius 1 is 0.463 bits per heavy atom. The fourth-order valence-electron chi connectivity index (χ4n) is 5.56. The number of halogens is 2. The van der Waals surface area contributed by atoms with E-state index in [1.54, 1.807) is 6.07 Å². The first kappa shape index (κ1) is 24.5. The van der Waals surface area contributed by atoms with Gasteiger partial charge in [-0.2, -0.15) is 5.26 Å². The van der Waals surface area contributed by atoms with E-state index in [1.807, 2.05) is 24.3 Å². The number of hydrogen-bond donors (Lipinski definition) is 0. The predicted octanol–water partition coefficient (Wildman–Crippen LogP) is 9.93. The summed E-state index contributed by atoms with van der Waals surface area (Å²) < 4.78 is 30.5. The first-order chi connectivity index (χ1) is 20.1. The molecular weight excluding hydrogens is 510 g/mol. The van der Waals surface area contributed by atoms with Crippen molar-refractivity contribution < 1.29 is 8.78 Å². The lowest BCUT2D eigenvalue weighted by molar-refractivity contribution is 0.577. The molecule has 0 spiro atoms. The topological polar surface area (TPSA) is 28.7 Å². The molecule has 2 nitrogen and oxygen atoms in total. The lowest BCUT2D eigenvalue weighted by Crippen LogP contribution is -1.93. The third-order valence-corrected chi connectivity index (χ3v) is 7.63. The van der Waals surface area contributed by atoms with Crippen LogP contribution in [0.3, 0.4) is 0 Å². The SMILES string of the molecule is N#Cc1c(F)cc(-c2ccc(-c3ccc(-c4ccc(-n5c6ccccc6c6ccccc65)cc4)cc3)cc2)cc1F. The van der Waals surface area contributed by atoms with Gasteiger partial charge in [-0.05, 0) is 69.8 Å². The van der Waals surface area contributed by atoms with Crippen LogP contribution in [-0.4, -0.2) is 4.57 Å². The van der Waals surface area contributed by atoms with Gasteiger partial charge in [-0.15, -0.1) is 0 Å². The molecule has 7 aromatic rings. The van der Waals surface area contributed by atoms with Crippen molar-refractivity contribution in [3.63, 3.8) is 0 Å². The molecule has 0 aliphatic rings. The molecule has 6 aromatic carbocycles. The molecule has 0 saturated carbocycles. The van der Waals surface area contributed by atoms with Crippen LogP contribution >= 0.6 is 0 Å². The van der Waals surface area contributed by atoms with Gasteiger partial charge in [0.15, 0.2) is 0 Å². The smallest absolute Gasteiger partial charge is 0.144 e. The Labute approximate surface area is 236 Å². The summed E-state index contributed by atoms with van der Waals surface area (Å²) in [5.74, 6) is -1.71. The van der Waals surface area contributed by atoms with Crippen LogP contribution in [-0.2, 0) is 0 Å². The zero-order valence-electron chi connectivity index (χ0n) is 21.9. The zero-order valence-corrected chi connectivity index (χ0v) is 21.9. The summed E-state index contributed by atoms with van der Waals surface area (Å²) in [5.41, 5.74) is 8.27. The highest BCUT2D eigenvalue weighted by molar-refractivity contribution is 6.09. The van der Waals surface area contributed by atoms with Crippen molar-refractivity contribution in [2.75, 3.05) is 0 Å².